The van der Waals surface area contributed by atoms with Crippen molar-refractivity contribution in [2.75, 3.05) is 0 Å². The van der Waals surface area contributed by atoms with Crippen LogP contribution in [0, 0.1) is 0 Å². The summed E-state index contributed by atoms with van der Waals surface area (Å²) in [6, 6.07) is 7.25. The molecule has 3 N–H and O–H groups in total. The molecule has 1 aromatic carbocycles. The Morgan fingerprint density at radius 1 is 1.36 bits per heavy atom. The molecule has 0 saturated heterocycles. The molecule has 1 amide bonds. The van der Waals surface area contributed by atoms with Crippen molar-refractivity contribution in [2.45, 2.75) is 6.11 Å². The van der Waals surface area contributed by atoms with Gasteiger partial charge >= 0.3 is 12.0 Å². The third kappa shape index (κ3) is 2.40. The van der Waals surface area contributed by atoms with Crippen molar-refractivity contribution in [3.8, 4) is 5.75 Å². The standard InChI is InChI=1S/C8H8F2N2O2/c9-8(10,7(13)12-11)14-6-4-2-1-3-5-6/h1-5H,11H2,(H,12,13). The smallest absolute Gasteiger partial charge is 0.425 e. The highest BCUT2D eigenvalue weighted by molar-refractivity contribution is 5.81. The van der Waals surface area contributed by atoms with Crippen LogP contribution in [0.25, 0.3) is 0 Å². The van der Waals surface area contributed by atoms with Crippen molar-refractivity contribution < 1.29 is 18.3 Å². The number of para-hydroxylation sites is 1. The number of nitrogens with one attached hydrogen (secondary N) is 1. The predicted molar refractivity (Wildman–Crippen MR) is 44.3 cm³/mol. The molecule has 6 heteroatoms. The van der Waals surface area contributed by atoms with E-state index in [1.165, 1.54) is 29.7 Å². The molecule has 0 unspecified atom stereocenters. The average Bonchev–Trinajstić information content (AvgIpc) is 2.17. The first-order valence-corrected chi connectivity index (χ1v) is 3.69. The van der Waals surface area contributed by atoms with Crippen molar-refractivity contribution in [3.05, 3.63) is 30.3 Å². The number of alkyl halides is 2. The Balaban J connectivity index is 2.73. The lowest BCUT2D eigenvalue weighted by Gasteiger charge is -2.15. The minimum absolute atomic E-state index is 0.110. The van der Waals surface area contributed by atoms with Crippen molar-refractivity contribution in [1.82, 2.24) is 5.43 Å². The van der Waals surface area contributed by atoms with Crippen LogP contribution < -0.4 is 16.0 Å². The van der Waals surface area contributed by atoms with Crippen molar-refractivity contribution in [2.24, 2.45) is 5.84 Å². The van der Waals surface area contributed by atoms with Gasteiger partial charge in [0.2, 0.25) is 0 Å². The Hall–Kier alpha value is -1.69. The summed E-state index contributed by atoms with van der Waals surface area (Å²) in [5.74, 6) is 2.75. The van der Waals surface area contributed by atoms with Gasteiger partial charge in [-0.2, -0.15) is 8.78 Å². The quantitative estimate of drug-likeness (QED) is 0.429. The molecule has 0 saturated carbocycles. The Morgan fingerprint density at radius 3 is 2.43 bits per heavy atom. The molecule has 0 spiro atoms. The molecule has 1 aromatic rings. The number of halogens is 2. The molecule has 0 aliphatic carbocycles. The lowest BCUT2D eigenvalue weighted by atomic mass is 10.3. The highest BCUT2D eigenvalue weighted by atomic mass is 19.3. The number of hydrazine groups is 1. The SMILES string of the molecule is NNC(=O)C(F)(F)Oc1ccccc1. The zero-order valence-corrected chi connectivity index (χ0v) is 7.04. The van der Waals surface area contributed by atoms with E-state index >= 15 is 0 Å². The normalized spacial score (nSPS) is 10.8. The van der Waals surface area contributed by atoms with E-state index in [0.29, 0.717) is 0 Å². The highest BCUT2D eigenvalue weighted by Gasteiger charge is 2.41. The molecule has 0 bridgehead atoms. The number of benzene rings is 1. The molecular weight excluding hydrogens is 194 g/mol. The molecule has 14 heavy (non-hydrogen) atoms. The van der Waals surface area contributed by atoms with Gasteiger partial charge in [-0.15, -0.1) is 0 Å². The summed E-state index contributed by atoms with van der Waals surface area (Å²) in [4.78, 5) is 10.5. The van der Waals surface area contributed by atoms with E-state index in [1.807, 2.05) is 0 Å². The first-order valence-electron chi connectivity index (χ1n) is 3.69. The predicted octanol–water partition coefficient (Wildman–Crippen LogP) is 0.648. The fourth-order valence-corrected chi connectivity index (χ4v) is 0.767. The van der Waals surface area contributed by atoms with E-state index in [4.69, 9.17) is 0 Å². The molecule has 4 nitrogen and oxygen atoms in total. The van der Waals surface area contributed by atoms with Gasteiger partial charge in [0.15, 0.2) is 0 Å². The Bertz CT molecular complexity index is 316. The van der Waals surface area contributed by atoms with Crippen LogP contribution in [0.3, 0.4) is 0 Å². The molecule has 0 heterocycles. The van der Waals surface area contributed by atoms with Gasteiger partial charge in [-0.05, 0) is 12.1 Å². The zero-order valence-electron chi connectivity index (χ0n) is 7.04. The van der Waals surface area contributed by atoms with Crippen LogP contribution in [0.2, 0.25) is 0 Å². The van der Waals surface area contributed by atoms with Gasteiger partial charge < -0.3 is 4.74 Å². The van der Waals surface area contributed by atoms with Crippen LogP contribution in [0.1, 0.15) is 0 Å². The van der Waals surface area contributed by atoms with Gasteiger partial charge in [0.05, 0.1) is 0 Å². The van der Waals surface area contributed by atoms with Gasteiger partial charge in [0, 0.05) is 0 Å². The summed E-state index contributed by atoms with van der Waals surface area (Å²) in [6.45, 7) is 0. The second-order valence-corrected chi connectivity index (χ2v) is 2.41. The molecule has 0 aliphatic heterocycles. The summed E-state index contributed by atoms with van der Waals surface area (Å²) in [7, 11) is 0. The van der Waals surface area contributed by atoms with E-state index in [0.717, 1.165) is 0 Å². The number of hydrogen-bond acceptors (Lipinski definition) is 3. The summed E-state index contributed by atoms with van der Waals surface area (Å²) < 4.78 is 29.7. The van der Waals surface area contributed by atoms with Gasteiger partial charge in [0.1, 0.15) is 5.75 Å². The lowest BCUT2D eigenvalue weighted by molar-refractivity contribution is -0.192. The molecule has 76 valence electrons. The summed E-state index contributed by atoms with van der Waals surface area (Å²) in [5.41, 5.74) is 1.31. The number of ether oxygens (including phenoxy) is 1. The average molecular weight is 202 g/mol. The molecular formula is C8H8F2N2O2. The fraction of sp³-hybridized carbons (Fsp3) is 0.125. The Kier molecular flexibility index (Phi) is 2.98. The maximum absolute atomic E-state index is 12.8. The molecule has 0 atom stereocenters. The summed E-state index contributed by atoms with van der Waals surface area (Å²) in [5, 5.41) is 0. The van der Waals surface area contributed by atoms with Gasteiger partial charge in [-0.1, -0.05) is 18.2 Å². The second kappa shape index (κ2) is 4.01. The lowest BCUT2D eigenvalue weighted by Crippen LogP contribution is -2.47. The third-order valence-electron chi connectivity index (χ3n) is 1.38. The van der Waals surface area contributed by atoms with E-state index in [9.17, 15) is 13.6 Å². The number of nitrogens with two attached hydrogens (primary N) is 1. The van der Waals surface area contributed by atoms with Crippen LogP contribution in [0.15, 0.2) is 30.3 Å². The Labute approximate surface area is 78.6 Å². The van der Waals surface area contributed by atoms with Crippen LogP contribution in [-0.4, -0.2) is 12.0 Å². The zero-order chi connectivity index (χ0) is 10.6. The van der Waals surface area contributed by atoms with Crippen molar-refractivity contribution in [1.29, 1.82) is 0 Å². The van der Waals surface area contributed by atoms with E-state index < -0.39 is 12.0 Å². The number of carbonyl (C=O) groups excluding carboxylic acids is 1. The van der Waals surface area contributed by atoms with E-state index in [2.05, 4.69) is 10.6 Å². The second-order valence-electron chi connectivity index (χ2n) is 2.41. The minimum atomic E-state index is -3.96. The Morgan fingerprint density at radius 2 is 1.93 bits per heavy atom. The van der Waals surface area contributed by atoms with Crippen LogP contribution >= 0.6 is 0 Å². The minimum Gasteiger partial charge on any atom is -0.425 e. The number of carbonyl (C=O) groups is 1. The highest BCUT2D eigenvalue weighted by Crippen LogP contribution is 2.20. The molecule has 1 rings (SSSR count). The molecule has 0 radical (unpaired) electrons. The third-order valence-corrected chi connectivity index (χ3v) is 1.38. The van der Waals surface area contributed by atoms with Gasteiger partial charge in [0.25, 0.3) is 0 Å². The molecule has 0 aromatic heterocycles. The van der Waals surface area contributed by atoms with Crippen molar-refractivity contribution >= 4 is 5.91 Å². The van der Waals surface area contributed by atoms with Gasteiger partial charge in [-0.25, -0.2) is 5.84 Å². The van der Waals surface area contributed by atoms with E-state index in [-0.39, 0.29) is 5.75 Å². The fourth-order valence-electron chi connectivity index (χ4n) is 0.767. The first kappa shape index (κ1) is 10.4. The molecule has 0 fully saturated rings. The monoisotopic (exact) mass is 202 g/mol. The largest absolute Gasteiger partial charge is 0.483 e. The number of hydrogen-bond donors (Lipinski definition) is 2. The number of amides is 1. The first-order chi connectivity index (χ1) is 6.56. The maximum Gasteiger partial charge on any atom is 0.483 e. The van der Waals surface area contributed by atoms with Crippen LogP contribution in [-0.2, 0) is 4.79 Å². The van der Waals surface area contributed by atoms with Crippen molar-refractivity contribution in [3.63, 3.8) is 0 Å². The van der Waals surface area contributed by atoms with Crippen LogP contribution in [0.4, 0.5) is 8.78 Å². The summed E-state index contributed by atoms with van der Waals surface area (Å²) >= 11 is 0. The van der Waals surface area contributed by atoms with Crippen LogP contribution in [0.5, 0.6) is 5.75 Å². The number of rotatable bonds is 3. The van der Waals surface area contributed by atoms with E-state index in [1.54, 1.807) is 6.07 Å². The van der Waals surface area contributed by atoms with Gasteiger partial charge in [-0.3, -0.25) is 10.2 Å². The maximum atomic E-state index is 12.8. The topological polar surface area (TPSA) is 64.3 Å². The summed E-state index contributed by atoms with van der Waals surface area (Å²) in [6.07, 6.45) is -3.96. The molecule has 0 aliphatic rings.